The molecule has 7 rings (SSSR count). The number of nitrogens with zero attached hydrogens (tertiary/aromatic N) is 1. The Labute approximate surface area is 283 Å². The third kappa shape index (κ3) is 6.44. The third-order valence-corrected chi connectivity index (χ3v) is 11.6. The second-order valence-corrected chi connectivity index (χ2v) is 15.1. The van der Waals surface area contributed by atoms with Crippen LogP contribution in [0.1, 0.15) is 56.1 Å². The predicted octanol–water partition coefficient (Wildman–Crippen LogP) is 2.38. The van der Waals surface area contributed by atoms with Crippen LogP contribution in [0.15, 0.2) is 72.4 Å². The van der Waals surface area contributed by atoms with Gasteiger partial charge < -0.3 is 14.9 Å². The average Bonchev–Trinajstić information content (AvgIpc) is 4.00. The van der Waals surface area contributed by atoms with Gasteiger partial charge in [-0.2, -0.15) is 0 Å². The molecule has 2 aromatic carbocycles. The fraction of sp³-hybridized carbons (Fsp3) is 0.400. The van der Waals surface area contributed by atoms with Gasteiger partial charge in [0.2, 0.25) is 27.7 Å². The monoisotopic (exact) mass is 687 g/mol. The lowest BCUT2D eigenvalue weighted by Crippen LogP contribution is -2.54. The molecule has 1 heterocycles. The molecule has 4 bridgehead atoms. The standard InChI is InChI=1S/C35H37N5O8S/c1-2-20-19-35(20,34(44)40-49(45,46)23-12-13-23)36-32(42)28-17-22-18-29(28)33(43)38-37-30(41)10-4-3-7-15-47-21-11-14-25-24-8-5-6-9-26(24)31(39-48-22)27(25)16-21/h2-3,5-9,11,14,16,20,22-23,28-29H,1,4,10,12-13,15,17-19H2,(H,36,42)(H,37,41)(H,38,43)(H,40,44)/b7-3+,39-31-/t20-,22+,28+,29+,35+/m0/s1. The molecule has 4 aliphatic carbocycles. The van der Waals surface area contributed by atoms with E-state index in [2.05, 4.69) is 32.6 Å². The highest BCUT2D eigenvalue weighted by Gasteiger charge is 2.62. The number of rotatable bonds is 6. The molecular weight excluding hydrogens is 650 g/mol. The van der Waals surface area contributed by atoms with E-state index in [1.165, 1.54) is 6.08 Å². The van der Waals surface area contributed by atoms with Gasteiger partial charge in [-0.15, -0.1) is 6.58 Å². The minimum atomic E-state index is -3.87. The Kier molecular flexibility index (Phi) is 8.51. The SMILES string of the molecule is C=C[C@H]1C[C@]1(NC(=O)[C@@H]1C[C@@H]2C[C@H]1C(=O)NNC(=O)CC/C=C/COc1ccc3c(c1)/C(=N\O2)c1ccccc1-3)C(=O)NS(=O)(=O)C1CC1. The number of sulfonamides is 1. The number of hydrogen-bond acceptors (Lipinski definition) is 9. The molecule has 49 heavy (non-hydrogen) atoms. The molecule has 5 aliphatic rings. The highest BCUT2D eigenvalue weighted by molar-refractivity contribution is 7.91. The highest BCUT2D eigenvalue weighted by Crippen LogP contribution is 2.46. The van der Waals surface area contributed by atoms with Gasteiger partial charge in [-0.05, 0) is 67.9 Å². The number of ether oxygens (including phenoxy) is 1. The highest BCUT2D eigenvalue weighted by atomic mass is 32.2. The molecule has 4 N–H and O–H groups in total. The van der Waals surface area contributed by atoms with E-state index in [0.717, 1.165) is 22.3 Å². The van der Waals surface area contributed by atoms with Crippen molar-refractivity contribution in [3.8, 4) is 16.9 Å². The second-order valence-electron chi connectivity index (χ2n) is 13.1. The van der Waals surface area contributed by atoms with Crippen molar-refractivity contribution in [1.82, 2.24) is 20.9 Å². The summed E-state index contributed by atoms with van der Waals surface area (Å²) in [4.78, 5) is 59.3. The first kappa shape index (κ1) is 32.6. The predicted molar refractivity (Wildman–Crippen MR) is 178 cm³/mol. The number of oxime groups is 1. The number of fused-ring (bicyclic) bond motifs is 6. The number of carbonyl (C=O) groups excluding carboxylic acids is 4. The lowest BCUT2D eigenvalue weighted by Gasteiger charge is -2.23. The fourth-order valence-corrected chi connectivity index (χ4v) is 8.22. The summed E-state index contributed by atoms with van der Waals surface area (Å²) in [6.07, 6.45) is 6.25. The van der Waals surface area contributed by atoms with Gasteiger partial charge in [0, 0.05) is 23.5 Å². The summed E-state index contributed by atoms with van der Waals surface area (Å²) in [6, 6.07) is 13.5. The maximum atomic E-state index is 13.9. The maximum absolute atomic E-state index is 13.9. The van der Waals surface area contributed by atoms with Gasteiger partial charge in [0.05, 0.1) is 17.1 Å². The summed E-state index contributed by atoms with van der Waals surface area (Å²) < 4.78 is 33.2. The zero-order valence-electron chi connectivity index (χ0n) is 26.6. The van der Waals surface area contributed by atoms with E-state index in [1.54, 1.807) is 0 Å². The summed E-state index contributed by atoms with van der Waals surface area (Å²) in [5.41, 5.74) is 7.57. The molecule has 3 saturated carbocycles. The van der Waals surface area contributed by atoms with E-state index >= 15 is 0 Å². The van der Waals surface area contributed by atoms with Crippen LogP contribution in [0.2, 0.25) is 0 Å². The summed E-state index contributed by atoms with van der Waals surface area (Å²) in [6.45, 7) is 4.04. The van der Waals surface area contributed by atoms with Gasteiger partial charge in [0.15, 0.2) is 0 Å². The van der Waals surface area contributed by atoms with Crippen LogP contribution in [0.4, 0.5) is 0 Å². The second kappa shape index (κ2) is 12.8. The van der Waals surface area contributed by atoms with Gasteiger partial charge in [-0.3, -0.25) is 34.8 Å². The van der Waals surface area contributed by atoms with E-state index in [4.69, 9.17) is 9.57 Å². The molecule has 1 aliphatic heterocycles. The van der Waals surface area contributed by atoms with Crippen LogP contribution < -0.4 is 25.6 Å². The molecular formula is C35H37N5O8S. The molecule has 2 aromatic rings. The lowest BCUT2D eigenvalue weighted by atomic mass is 9.94. The van der Waals surface area contributed by atoms with E-state index in [1.807, 2.05) is 54.6 Å². The van der Waals surface area contributed by atoms with E-state index in [0.29, 0.717) is 37.3 Å². The van der Waals surface area contributed by atoms with Crippen LogP contribution >= 0.6 is 0 Å². The molecule has 0 saturated heterocycles. The van der Waals surface area contributed by atoms with Crippen molar-refractivity contribution in [2.75, 3.05) is 6.61 Å². The van der Waals surface area contributed by atoms with Gasteiger partial charge in [0.1, 0.15) is 29.7 Å². The molecule has 0 unspecified atom stereocenters. The van der Waals surface area contributed by atoms with Gasteiger partial charge in [-0.25, -0.2) is 8.42 Å². The normalized spacial score (nSPS) is 29.4. The summed E-state index contributed by atoms with van der Waals surface area (Å²) in [5, 5.41) is 6.71. The Balaban J connectivity index is 1.16. The minimum Gasteiger partial charge on any atom is -0.490 e. The number of hydrazine groups is 1. The first-order valence-corrected chi connectivity index (χ1v) is 18.0. The van der Waals surface area contributed by atoms with Gasteiger partial charge >= 0.3 is 0 Å². The van der Waals surface area contributed by atoms with Crippen molar-refractivity contribution >= 4 is 39.4 Å². The molecule has 14 heteroatoms. The van der Waals surface area contributed by atoms with Crippen LogP contribution in [-0.4, -0.2) is 61.3 Å². The number of hydrogen-bond donors (Lipinski definition) is 4. The number of nitrogens with one attached hydrogen (secondary N) is 4. The van der Waals surface area contributed by atoms with Crippen LogP contribution in [0.25, 0.3) is 11.1 Å². The van der Waals surface area contributed by atoms with Crippen molar-refractivity contribution in [2.45, 2.75) is 61.8 Å². The quantitative estimate of drug-likeness (QED) is 0.285. The zero-order chi connectivity index (χ0) is 34.3. The van der Waals surface area contributed by atoms with Crippen LogP contribution in [0.5, 0.6) is 5.75 Å². The van der Waals surface area contributed by atoms with Crippen molar-refractivity contribution in [2.24, 2.45) is 22.9 Å². The first-order valence-electron chi connectivity index (χ1n) is 16.4. The molecule has 4 amide bonds. The Hall–Kier alpha value is -4.98. The Morgan fingerprint density at radius 1 is 1.00 bits per heavy atom. The van der Waals surface area contributed by atoms with Crippen LogP contribution in [0.3, 0.4) is 0 Å². The van der Waals surface area contributed by atoms with Crippen molar-refractivity contribution in [1.29, 1.82) is 0 Å². The molecule has 256 valence electrons. The Morgan fingerprint density at radius 2 is 1.78 bits per heavy atom. The average molecular weight is 688 g/mol. The number of amides is 4. The molecule has 3 fully saturated rings. The maximum Gasteiger partial charge on any atom is 0.259 e. The lowest BCUT2D eigenvalue weighted by molar-refractivity contribution is -0.137. The van der Waals surface area contributed by atoms with E-state index < -0.39 is 68.3 Å². The molecule has 0 aromatic heterocycles. The zero-order valence-corrected chi connectivity index (χ0v) is 27.5. The molecule has 0 spiro atoms. The summed E-state index contributed by atoms with van der Waals surface area (Å²) in [5.74, 6) is -4.24. The van der Waals surface area contributed by atoms with Crippen LogP contribution in [0, 0.1) is 17.8 Å². The summed E-state index contributed by atoms with van der Waals surface area (Å²) in [7, 11) is -3.87. The van der Waals surface area contributed by atoms with E-state index in [-0.39, 0.29) is 25.7 Å². The topological polar surface area (TPSA) is 181 Å². The van der Waals surface area contributed by atoms with Crippen molar-refractivity contribution < 1.29 is 37.2 Å². The Bertz CT molecular complexity index is 1900. The van der Waals surface area contributed by atoms with Crippen molar-refractivity contribution in [3.63, 3.8) is 0 Å². The fourth-order valence-electron chi connectivity index (χ4n) is 6.86. The van der Waals surface area contributed by atoms with Gasteiger partial charge in [0.25, 0.3) is 5.91 Å². The third-order valence-electron chi connectivity index (χ3n) is 9.83. The largest absolute Gasteiger partial charge is 0.490 e. The van der Waals surface area contributed by atoms with E-state index in [9.17, 15) is 27.6 Å². The Morgan fingerprint density at radius 3 is 2.53 bits per heavy atom. The first-order chi connectivity index (χ1) is 23.6. The van der Waals surface area contributed by atoms with Crippen molar-refractivity contribution in [3.05, 3.63) is 78.4 Å². The van der Waals surface area contributed by atoms with Gasteiger partial charge in [-0.1, -0.05) is 47.6 Å². The molecule has 5 atom stereocenters. The number of carbonyl (C=O) groups is 4. The molecule has 0 radical (unpaired) electrons. The van der Waals surface area contributed by atoms with Crippen LogP contribution in [-0.2, 0) is 34.0 Å². The smallest absolute Gasteiger partial charge is 0.259 e. The number of benzene rings is 2. The molecule has 13 nitrogen and oxygen atoms in total. The minimum absolute atomic E-state index is 0.0773. The summed E-state index contributed by atoms with van der Waals surface area (Å²) >= 11 is 0. The number of allylic oxidation sites excluding steroid dienone is 1.